The number of hydrogen-bond donors (Lipinski definition) is 0. The minimum atomic E-state index is -0.463. The number of benzene rings is 2. The molecule has 6 heteroatoms. The van der Waals surface area contributed by atoms with Gasteiger partial charge in [-0.2, -0.15) is 0 Å². The summed E-state index contributed by atoms with van der Waals surface area (Å²) >= 11 is 9.80. The number of carbonyl (C=O) groups excluding carboxylic acids is 1. The molecular formula is C17H13BrClNO3. The van der Waals surface area contributed by atoms with Crippen LogP contribution in [0.3, 0.4) is 0 Å². The van der Waals surface area contributed by atoms with E-state index in [0.717, 1.165) is 17.0 Å². The van der Waals surface area contributed by atoms with Gasteiger partial charge in [0.25, 0.3) is 5.91 Å². The van der Waals surface area contributed by atoms with Crippen molar-refractivity contribution >= 4 is 39.1 Å². The number of methoxy groups -OCH3 is 1. The smallest absolute Gasteiger partial charge is 0.270 e. The Labute approximate surface area is 147 Å². The van der Waals surface area contributed by atoms with Gasteiger partial charge in [0, 0.05) is 16.3 Å². The van der Waals surface area contributed by atoms with Gasteiger partial charge < -0.3 is 14.4 Å². The van der Waals surface area contributed by atoms with Crippen LogP contribution in [-0.2, 0) is 4.79 Å². The fraction of sp³-hybridized carbons (Fsp3) is 0.235. The van der Waals surface area contributed by atoms with Crippen LogP contribution < -0.4 is 14.4 Å². The van der Waals surface area contributed by atoms with Gasteiger partial charge in [0.15, 0.2) is 6.10 Å². The van der Waals surface area contributed by atoms with E-state index in [9.17, 15) is 4.79 Å². The van der Waals surface area contributed by atoms with Crippen molar-refractivity contribution in [3.05, 3.63) is 53.1 Å². The number of β-lactam (4-membered cyclic amide) rings is 1. The summed E-state index contributed by atoms with van der Waals surface area (Å²) in [5, 5.41) is 0.650. The van der Waals surface area contributed by atoms with Crippen molar-refractivity contribution in [2.24, 2.45) is 0 Å². The van der Waals surface area contributed by atoms with Crippen LogP contribution >= 0.6 is 27.5 Å². The van der Waals surface area contributed by atoms with Crippen LogP contribution in [-0.4, -0.2) is 25.2 Å². The molecule has 0 radical (unpaired) electrons. The number of amides is 1. The van der Waals surface area contributed by atoms with Crippen molar-refractivity contribution in [1.82, 2.24) is 0 Å². The Kier molecular flexibility index (Phi) is 3.50. The molecule has 3 atom stereocenters. The summed E-state index contributed by atoms with van der Waals surface area (Å²) in [6.45, 7) is 0. The molecule has 1 fully saturated rings. The monoisotopic (exact) mass is 393 g/mol. The number of carbonyl (C=O) groups is 1. The Bertz CT molecular complexity index is 780. The van der Waals surface area contributed by atoms with E-state index >= 15 is 0 Å². The zero-order valence-electron chi connectivity index (χ0n) is 12.2. The Morgan fingerprint density at radius 2 is 1.96 bits per heavy atom. The summed E-state index contributed by atoms with van der Waals surface area (Å²) in [5.41, 5.74) is 1.79. The number of anilines is 1. The molecule has 2 aromatic rings. The first-order chi connectivity index (χ1) is 11.1. The Morgan fingerprint density at radius 1 is 1.22 bits per heavy atom. The predicted octanol–water partition coefficient (Wildman–Crippen LogP) is 3.96. The van der Waals surface area contributed by atoms with Crippen molar-refractivity contribution in [1.29, 1.82) is 0 Å². The molecule has 0 aromatic heterocycles. The second-order valence-electron chi connectivity index (χ2n) is 5.52. The standard InChI is InChI=1S/C17H13BrClNO3/c1-22-11-5-3-10(4-6-11)20-15-14(18)12-8-9(19)2-7-13(12)23-16(15)17(20)21/h2-8,14-16H,1H3/t14-,15+,16-/m0/s1. The highest BCUT2D eigenvalue weighted by Gasteiger charge is 2.56. The third-order valence-electron chi connectivity index (χ3n) is 4.26. The highest BCUT2D eigenvalue weighted by Crippen LogP contribution is 2.49. The summed E-state index contributed by atoms with van der Waals surface area (Å²) < 4.78 is 11.0. The van der Waals surface area contributed by atoms with Gasteiger partial charge in [-0.3, -0.25) is 4.79 Å². The van der Waals surface area contributed by atoms with Gasteiger partial charge in [-0.15, -0.1) is 0 Å². The molecule has 2 aliphatic rings. The SMILES string of the molecule is COc1ccc(N2C(=O)[C@H]3Oc4ccc(Cl)cc4[C@H](Br)[C@H]32)cc1. The van der Waals surface area contributed by atoms with Gasteiger partial charge in [-0.1, -0.05) is 27.5 Å². The highest BCUT2D eigenvalue weighted by molar-refractivity contribution is 9.09. The van der Waals surface area contributed by atoms with Gasteiger partial charge >= 0.3 is 0 Å². The lowest BCUT2D eigenvalue weighted by atomic mass is 9.87. The third-order valence-corrected chi connectivity index (χ3v) is 5.53. The summed E-state index contributed by atoms with van der Waals surface area (Å²) in [6.07, 6.45) is -0.463. The van der Waals surface area contributed by atoms with Crippen LogP contribution in [0.2, 0.25) is 5.02 Å². The van der Waals surface area contributed by atoms with Crippen molar-refractivity contribution in [2.75, 3.05) is 12.0 Å². The van der Waals surface area contributed by atoms with Crippen molar-refractivity contribution < 1.29 is 14.3 Å². The van der Waals surface area contributed by atoms with Gasteiger partial charge in [-0.25, -0.2) is 0 Å². The number of rotatable bonds is 2. The first-order valence-electron chi connectivity index (χ1n) is 7.17. The Hall–Kier alpha value is -1.72. The normalized spacial score (nSPS) is 25.1. The van der Waals surface area contributed by atoms with Gasteiger partial charge in [0.2, 0.25) is 0 Å². The lowest BCUT2D eigenvalue weighted by Gasteiger charge is -2.51. The average molecular weight is 395 g/mol. The molecular weight excluding hydrogens is 382 g/mol. The predicted molar refractivity (Wildman–Crippen MR) is 91.8 cm³/mol. The first kappa shape index (κ1) is 14.8. The minimum Gasteiger partial charge on any atom is -0.497 e. The maximum atomic E-state index is 12.5. The van der Waals surface area contributed by atoms with E-state index in [1.165, 1.54) is 0 Å². The quantitative estimate of drug-likeness (QED) is 0.572. The zero-order chi connectivity index (χ0) is 16.1. The maximum absolute atomic E-state index is 12.5. The van der Waals surface area contributed by atoms with Crippen LogP contribution in [0.4, 0.5) is 5.69 Å². The highest BCUT2D eigenvalue weighted by atomic mass is 79.9. The van der Waals surface area contributed by atoms with Gasteiger partial charge in [-0.05, 0) is 42.5 Å². The molecule has 2 aromatic carbocycles. The molecule has 0 aliphatic carbocycles. The summed E-state index contributed by atoms with van der Waals surface area (Å²) in [4.78, 5) is 14.2. The average Bonchev–Trinajstić information content (AvgIpc) is 2.57. The fourth-order valence-electron chi connectivity index (χ4n) is 3.09. The molecule has 1 saturated heterocycles. The molecule has 0 bridgehead atoms. The number of nitrogens with zero attached hydrogens (tertiary/aromatic N) is 1. The molecule has 0 unspecified atom stereocenters. The number of ether oxygens (including phenoxy) is 2. The summed E-state index contributed by atoms with van der Waals surface area (Å²) in [7, 11) is 1.62. The molecule has 0 N–H and O–H groups in total. The molecule has 23 heavy (non-hydrogen) atoms. The van der Waals surface area contributed by atoms with E-state index in [1.807, 2.05) is 36.4 Å². The van der Waals surface area contributed by atoms with E-state index in [-0.39, 0.29) is 16.8 Å². The van der Waals surface area contributed by atoms with Gasteiger partial charge in [0.05, 0.1) is 18.0 Å². The molecule has 2 aliphatic heterocycles. The van der Waals surface area contributed by atoms with Crippen molar-refractivity contribution in [2.45, 2.75) is 17.0 Å². The number of alkyl halides is 1. The second kappa shape index (κ2) is 5.42. The number of halogens is 2. The van der Waals surface area contributed by atoms with Crippen LogP contribution in [0.1, 0.15) is 10.4 Å². The summed E-state index contributed by atoms with van der Waals surface area (Å²) in [5.74, 6) is 1.43. The van der Waals surface area contributed by atoms with E-state index in [1.54, 1.807) is 18.1 Å². The first-order valence-corrected chi connectivity index (χ1v) is 8.47. The second-order valence-corrected chi connectivity index (χ2v) is 6.94. The lowest BCUT2D eigenvalue weighted by Crippen LogP contribution is -2.70. The number of fused-ring (bicyclic) bond motifs is 2. The molecule has 2 heterocycles. The van der Waals surface area contributed by atoms with Crippen LogP contribution in [0, 0.1) is 0 Å². The fourth-order valence-corrected chi connectivity index (χ4v) is 4.14. The molecule has 4 nitrogen and oxygen atoms in total. The van der Waals surface area contributed by atoms with E-state index in [4.69, 9.17) is 21.1 Å². The van der Waals surface area contributed by atoms with Gasteiger partial charge in [0.1, 0.15) is 11.5 Å². The lowest BCUT2D eigenvalue weighted by molar-refractivity contribution is -0.135. The van der Waals surface area contributed by atoms with E-state index in [2.05, 4.69) is 15.9 Å². The third kappa shape index (κ3) is 2.22. The zero-order valence-corrected chi connectivity index (χ0v) is 14.5. The molecule has 0 saturated carbocycles. The molecule has 1 amide bonds. The van der Waals surface area contributed by atoms with E-state index in [0.29, 0.717) is 10.8 Å². The molecule has 118 valence electrons. The Morgan fingerprint density at radius 3 is 2.65 bits per heavy atom. The maximum Gasteiger partial charge on any atom is 0.270 e. The van der Waals surface area contributed by atoms with E-state index < -0.39 is 6.10 Å². The van der Waals surface area contributed by atoms with Crippen LogP contribution in [0.15, 0.2) is 42.5 Å². The van der Waals surface area contributed by atoms with Crippen LogP contribution in [0.5, 0.6) is 11.5 Å². The Balaban J connectivity index is 1.69. The topological polar surface area (TPSA) is 38.8 Å². The molecule has 0 spiro atoms. The summed E-state index contributed by atoms with van der Waals surface area (Å²) in [6, 6.07) is 12.8. The largest absolute Gasteiger partial charge is 0.497 e. The van der Waals surface area contributed by atoms with Crippen molar-refractivity contribution in [3.63, 3.8) is 0 Å². The number of hydrogen-bond acceptors (Lipinski definition) is 3. The molecule has 4 rings (SSSR count). The van der Waals surface area contributed by atoms with Crippen LogP contribution in [0.25, 0.3) is 0 Å². The minimum absolute atomic E-state index is 0.0326. The van der Waals surface area contributed by atoms with Crippen molar-refractivity contribution in [3.8, 4) is 11.5 Å².